The summed E-state index contributed by atoms with van der Waals surface area (Å²) in [7, 11) is 0. The number of rotatable bonds is 7. The minimum Gasteiger partial charge on any atom is -0.481 e. The van der Waals surface area contributed by atoms with Gasteiger partial charge in [0, 0.05) is 6.61 Å². The summed E-state index contributed by atoms with van der Waals surface area (Å²) in [6.45, 7) is 2.86. The summed E-state index contributed by atoms with van der Waals surface area (Å²) in [5.74, 6) is 0.317. The van der Waals surface area contributed by atoms with Gasteiger partial charge in [-0.15, -0.1) is 0 Å². The van der Waals surface area contributed by atoms with Gasteiger partial charge in [0.15, 0.2) is 0 Å². The fourth-order valence-corrected chi connectivity index (χ4v) is 2.51. The van der Waals surface area contributed by atoms with Crippen LogP contribution in [0.1, 0.15) is 26.2 Å². The highest BCUT2D eigenvalue weighted by molar-refractivity contribution is 7.99. The van der Waals surface area contributed by atoms with Crippen LogP contribution in [-0.2, 0) is 14.3 Å². The monoisotopic (exact) mass is 261 g/mol. The Hall–Kier alpha value is -0.750. The fraction of sp³-hybridized carbons (Fsp3) is 0.818. The van der Waals surface area contributed by atoms with Gasteiger partial charge in [0.1, 0.15) is 0 Å². The van der Waals surface area contributed by atoms with Crippen LogP contribution in [0.15, 0.2) is 0 Å². The Bertz CT molecular complexity index is 277. The Morgan fingerprint density at radius 1 is 1.53 bits per heavy atom. The van der Waals surface area contributed by atoms with Crippen LogP contribution in [0.25, 0.3) is 0 Å². The standard InChI is InChI=1S/C11H19NO4S/c1-2-5-17-7-9(13)12-11(6-10(14)15)3-4-16-8-11/h2-8H2,1H3,(H,12,13)(H,14,15). The summed E-state index contributed by atoms with van der Waals surface area (Å²) in [6, 6.07) is 0. The van der Waals surface area contributed by atoms with E-state index in [1.54, 1.807) is 11.8 Å². The predicted molar refractivity (Wildman–Crippen MR) is 66.2 cm³/mol. The van der Waals surface area contributed by atoms with Gasteiger partial charge in [0.05, 0.1) is 24.3 Å². The van der Waals surface area contributed by atoms with Crippen molar-refractivity contribution in [3.63, 3.8) is 0 Å². The highest BCUT2D eigenvalue weighted by atomic mass is 32.2. The van der Waals surface area contributed by atoms with Crippen LogP contribution < -0.4 is 5.32 Å². The van der Waals surface area contributed by atoms with E-state index in [0.29, 0.717) is 25.4 Å². The average Bonchev–Trinajstić information content (AvgIpc) is 2.65. The molecule has 1 atom stereocenters. The molecule has 1 aliphatic heterocycles. The second-order valence-corrected chi connectivity index (χ2v) is 5.36. The summed E-state index contributed by atoms with van der Waals surface area (Å²) in [5.41, 5.74) is -0.699. The van der Waals surface area contributed by atoms with Crippen LogP contribution in [0.3, 0.4) is 0 Å². The maximum Gasteiger partial charge on any atom is 0.305 e. The van der Waals surface area contributed by atoms with Gasteiger partial charge in [-0.3, -0.25) is 9.59 Å². The lowest BCUT2D eigenvalue weighted by Crippen LogP contribution is -2.51. The van der Waals surface area contributed by atoms with E-state index in [-0.39, 0.29) is 12.3 Å². The second kappa shape index (κ2) is 6.86. The Morgan fingerprint density at radius 2 is 2.29 bits per heavy atom. The number of ether oxygens (including phenoxy) is 1. The lowest BCUT2D eigenvalue weighted by Gasteiger charge is -2.26. The van der Waals surface area contributed by atoms with E-state index < -0.39 is 11.5 Å². The van der Waals surface area contributed by atoms with Crippen LogP contribution in [0.5, 0.6) is 0 Å². The normalized spacial score (nSPS) is 23.6. The van der Waals surface area contributed by atoms with Crippen molar-refractivity contribution in [3.05, 3.63) is 0 Å². The zero-order chi connectivity index (χ0) is 12.7. The molecule has 5 nitrogen and oxygen atoms in total. The molecule has 1 aliphatic rings. The lowest BCUT2D eigenvalue weighted by molar-refractivity contribution is -0.139. The van der Waals surface area contributed by atoms with Crippen LogP contribution in [-0.4, -0.2) is 47.2 Å². The third-order valence-corrected chi connectivity index (χ3v) is 3.74. The van der Waals surface area contributed by atoms with Crippen molar-refractivity contribution in [1.29, 1.82) is 0 Å². The largest absolute Gasteiger partial charge is 0.481 e. The van der Waals surface area contributed by atoms with Crippen LogP contribution >= 0.6 is 11.8 Å². The number of hydrogen-bond donors (Lipinski definition) is 2. The molecular weight excluding hydrogens is 242 g/mol. The molecule has 0 spiro atoms. The summed E-state index contributed by atoms with van der Waals surface area (Å²) < 4.78 is 5.20. The van der Waals surface area contributed by atoms with E-state index in [9.17, 15) is 9.59 Å². The van der Waals surface area contributed by atoms with Crippen molar-refractivity contribution >= 4 is 23.6 Å². The number of carboxylic acid groups (broad SMARTS) is 1. The van der Waals surface area contributed by atoms with Gasteiger partial charge in [-0.05, 0) is 18.6 Å². The first-order valence-electron chi connectivity index (χ1n) is 5.76. The van der Waals surface area contributed by atoms with Crippen molar-refractivity contribution in [1.82, 2.24) is 5.32 Å². The highest BCUT2D eigenvalue weighted by Gasteiger charge is 2.38. The van der Waals surface area contributed by atoms with Crippen molar-refractivity contribution in [2.75, 3.05) is 24.7 Å². The molecule has 0 aromatic heterocycles. The van der Waals surface area contributed by atoms with Crippen LogP contribution in [0.4, 0.5) is 0 Å². The minimum atomic E-state index is -0.906. The first kappa shape index (κ1) is 14.3. The van der Waals surface area contributed by atoms with E-state index in [4.69, 9.17) is 9.84 Å². The molecule has 1 rings (SSSR count). The minimum absolute atomic E-state index is 0.0722. The molecule has 2 N–H and O–H groups in total. The fourth-order valence-electron chi connectivity index (χ4n) is 1.82. The van der Waals surface area contributed by atoms with E-state index in [0.717, 1.165) is 12.2 Å². The van der Waals surface area contributed by atoms with E-state index in [2.05, 4.69) is 12.2 Å². The topological polar surface area (TPSA) is 75.6 Å². The molecule has 6 heteroatoms. The number of carbonyl (C=O) groups excluding carboxylic acids is 1. The van der Waals surface area contributed by atoms with Gasteiger partial charge < -0.3 is 15.2 Å². The van der Waals surface area contributed by atoms with Gasteiger partial charge in [0.25, 0.3) is 0 Å². The summed E-state index contributed by atoms with van der Waals surface area (Å²) >= 11 is 1.56. The highest BCUT2D eigenvalue weighted by Crippen LogP contribution is 2.22. The molecule has 1 saturated heterocycles. The number of amides is 1. The Balaban J connectivity index is 2.43. The second-order valence-electron chi connectivity index (χ2n) is 4.25. The molecule has 1 fully saturated rings. The first-order valence-corrected chi connectivity index (χ1v) is 6.92. The number of nitrogens with one attached hydrogen (secondary N) is 1. The Kier molecular flexibility index (Phi) is 5.77. The van der Waals surface area contributed by atoms with Crippen molar-refractivity contribution < 1.29 is 19.4 Å². The molecule has 0 aliphatic carbocycles. The van der Waals surface area contributed by atoms with E-state index in [1.807, 2.05) is 0 Å². The molecule has 1 unspecified atom stereocenters. The molecule has 0 aromatic rings. The number of carboxylic acids is 1. The molecule has 0 aromatic carbocycles. The van der Waals surface area contributed by atoms with Gasteiger partial charge in [-0.2, -0.15) is 11.8 Å². The molecule has 1 amide bonds. The van der Waals surface area contributed by atoms with Crippen molar-refractivity contribution in [3.8, 4) is 0 Å². The van der Waals surface area contributed by atoms with Crippen LogP contribution in [0, 0.1) is 0 Å². The van der Waals surface area contributed by atoms with E-state index in [1.165, 1.54) is 0 Å². The maximum absolute atomic E-state index is 11.7. The quantitative estimate of drug-likeness (QED) is 0.665. The van der Waals surface area contributed by atoms with Gasteiger partial charge in [0.2, 0.25) is 5.91 Å². The predicted octanol–water partition coefficient (Wildman–Crippen LogP) is 0.880. The zero-order valence-electron chi connectivity index (χ0n) is 10.0. The van der Waals surface area contributed by atoms with Crippen molar-refractivity contribution in [2.45, 2.75) is 31.7 Å². The molecular formula is C11H19NO4S. The number of carbonyl (C=O) groups is 2. The molecule has 1 heterocycles. The SMILES string of the molecule is CCCSCC(=O)NC1(CC(=O)O)CCOC1. The van der Waals surface area contributed by atoms with E-state index >= 15 is 0 Å². The molecule has 17 heavy (non-hydrogen) atoms. The number of thioether (sulfide) groups is 1. The average molecular weight is 261 g/mol. The summed E-state index contributed by atoms with van der Waals surface area (Å²) in [6.07, 6.45) is 1.53. The third kappa shape index (κ3) is 4.95. The van der Waals surface area contributed by atoms with Crippen LogP contribution in [0.2, 0.25) is 0 Å². The smallest absolute Gasteiger partial charge is 0.305 e. The molecule has 0 radical (unpaired) electrons. The van der Waals surface area contributed by atoms with Gasteiger partial charge in [-0.1, -0.05) is 6.92 Å². The molecule has 0 saturated carbocycles. The molecule has 0 bridgehead atoms. The zero-order valence-corrected chi connectivity index (χ0v) is 10.8. The first-order chi connectivity index (χ1) is 8.08. The Morgan fingerprint density at radius 3 is 2.82 bits per heavy atom. The summed E-state index contributed by atoms with van der Waals surface area (Å²) in [4.78, 5) is 22.5. The maximum atomic E-state index is 11.7. The van der Waals surface area contributed by atoms with Gasteiger partial charge >= 0.3 is 5.97 Å². The molecule has 98 valence electrons. The lowest BCUT2D eigenvalue weighted by atomic mass is 9.94. The number of aliphatic carboxylic acids is 1. The number of hydrogen-bond acceptors (Lipinski definition) is 4. The van der Waals surface area contributed by atoms with Crippen molar-refractivity contribution in [2.24, 2.45) is 0 Å². The Labute approximate surface area is 105 Å². The van der Waals surface area contributed by atoms with Gasteiger partial charge in [-0.25, -0.2) is 0 Å². The summed E-state index contributed by atoms with van der Waals surface area (Å²) in [5, 5.41) is 11.7. The third-order valence-electron chi connectivity index (χ3n) is 2.58.